The molecule has 1 unspecified atom stereocenters. The summed E-state index contributed by atoms with van der Waals surface area (Å²) in [5.74, 6) is 0.852. The molecule has 0 aliphatic carbocycles. The summed E-state index contributed by atoms with van der Waals surface area (Å²) in [6, 6.07) is 12.0. The van der Waals surface area contributed by atoms with Gasteiger partial charge in [-0.3, -0.25) is 0 Å². The molecule has 0 fully saturated rings. The van der Waals surface area contributed by atoms with Crippen molar-refractivity contribution >= 4 is 0 Å². The van der Waals surface area contributed by atoms with Gasteiger partial charge in [-0.1, -0.05) is 36.8 Å². The van der Waals surface area contributed by atoms with Crippen LogP contribution in [0.5, 0.6) is 5.75 Å². The van der Waals surface area contributed by atoms with E-state index in [9.17, 15) is 5.11 Å². The number of hydrogen-bond acceptors (Lipinski definition) is 2. The maximum Gasteiger partial charge on any atom is 0.119 e. The number of ether oxygens (including phenoxy) is 1. The molecule has 21 heavy (non-hydrogen) atoms. The zero-order valence-electron chi connectivity index (χ0n) is 13.3. The average Bonchev–Trinajstić information content (AvgIpc) is 2.44. The van der Waals surface area contributed by atoms with Crippen molar-refractivity contribution in [1.29, 1.82) is 0 Å². The van der Waals surface area contributed by atoms with Gasteiger partial charge >= 0.3 is 0 Å². The van der Waals surface area contributed by atoms with Crippen LogP contribution in [0.4, 0.5) is 0 Å². The lowest BCUT2D eigenvalue weighted by atomic mass is 9.92. The number of aliphatic hydroxyl groups is 1. The lowest BCUT2D eigenvalue weighted by molar-refractivity contribution is 0.218. The van der Waals surface area contributed by atoms with Crippen molar-refractivity contribution in [2.24, 2.45) is 0 Å². The summed E-state index contributed by atoms with van der Waals surface area (Å²) in [7, 11) is 0. The van der Waals surface area contributed by atoms with Crippen molar-refractivity contribution in [3.05, 3.63) is 64.2 Å². The van der Waals surface area contributed by atoms with Crippen LogP contribution in [0.2, 0.25) is 0 Å². The van der Waals surface area contributed by atoms with Crippen LogP contribution in [0.15, 0.2) is 36.4 Å². The van der Waals surface area contributed by atoms with E-state index in [-0.39, 0.29) is 0 Å². The molecule has 0 radical (unpaired) electrons. The van der Waals surface area contributed by atoms with Crippen LogP contribution in [0, 0.1) is 20.8 Å². The van der Waals surface area contributed by atoms with Crippen LogP contribution in [0.1, 0.15) is 47.3 Å². The normalized spacial score (nSPS) is 12.2. The second-order valence-electron chi connectivity index (χ2n) is 5.63. The molecule has 2 rings (SSSR count). The highest BCUT2D eigenvalue weighted by molar-refractivity contribution is 5.43. The SMILES string of the molecule is CCCOc1ccc(C(O)c2c(C)cc(C)cc2C)cc1. The molecule has 0 amide bonds. The summed E-state index contributed by atoms with van der Waals surface area (Å²) in [5, 5.41) is 10.7. The summed E-state index contributed by atoms with van der Waals surface area (Å²) in [6.45, 7) is 8.99. The van der Waals surface area contributed by atoms with Crippen molar-refractivity contribution in [1.82, 2.24) is 0 Å². The second-order valence-corrected chi connectivity index (χ2v) is 5.63. The molecule has 0 aliphatic heterocycles. The van der Waals surface area contributed by atoms with Gasteiger partial charge < -0.3 is 9.84 Å². The van der Waals surface area contributed by atoms with E-state index in [2.05, 4.69) is 39.8 Å². The molecule has 112 valence electrons. The summed E-state index contributed by atoms with van der Waals surface area (Å²) in [4.78, 5) is 0. The van der Waals surface area contributed by atoms with Gasteiger partial charge in [0, 0.05) is 0 Å². The van der Waals surface area contributed by atoms with Crippen molar-refractivity contribution in [2.45, 2.75) is 40.2 Å². The van der Waals surface area contributed by atoms with E-state index < -0.39 is 6.10 Å². The third-order valence-corrected chi connectivity index (χ3v) is 3.68. The third kappa shape index (κ3) is 3.64. The number of rotatable bonds is 5. The van der Waals surface area contributed by atoms with Gasteiger partial charge in [-0.2, -0.15) is 0 Å². The van der Waals surface area contributed by atoms with Gasteiger partial charge in [-0.05, 0) is 61.6 Å². The summed E-state index contributed by atoms with van der Waals surface area (Å²) >= 11 is 0. The lowest BCUT2D eigenvalue weighted by Gasteiger charge is -2.18. The first kappa shape index (κ1) is 15.6. The average molecular weight is 284 g/mol. The Bertz CT molecular complexity index is 576. The van der Waals surface area contributed by atoms with Crippen LogP contribution in [0.3, 0.4) is 0 Å². The van der Waals surface area contributed by atoms with Gasteiger partial charge in [0.1, 0.15) is 11.9 Å². The van der Waals surface area contributed by atoms with Gasteiger partial charge in [-0.25, -0.2) is 0 Å². The second kappa shape index (κ2) is 6.77. The van der Waals surface area contributed by atoms with Crippen LogP contribution < -0.4 is 4.74 Å². The van der Waals surface area contributed by atoms with E-state index in [1.807, 2.05) is 24.3 Å². The molecule has 0 saturated carbocycles. The van der Waals surface area contributed by atoms with Gasteiger partial charge in [0.15, 0.2) is 0 Å². The fourth-order valence-electron chi connectivity index (χ4n) is 2.76. The summed E-state index contributed by atoms with van der Waals surface area (Å²) in [6.07, 6.45) is 0.400. The molecular weight excluding hydrogens is 260 g/mol. The molecule has 2 heteroatoms. The highest BCUT2D eigenvalue weighted by atomic mass is 16.5. The van der Waals surface area contributed by atoms with Crippen LogP contribution in [0.25, 0.3) is 0 Å². The highest BCUT2D eigenvalue weighted by Crippen LogP contribution is 2.29. The fraction of sp³-hybridized carbons (Fsp3) is 0.368. The summed E-state index contributed by atoms with van der Waals surface area (Å²) < 4.78 is 5.58. The fourth-order valence-corrected chi connectivity index (χ4v) is 2.76. The van der Waals surface area contributed by atoms with E-state index in [0.717, 1.165) is 41.0 Å². The zero-order chi connectivity index (χ0) is 15.4. The third-order valence-electron chi connectivity index (χ3n) is 3.68. The van der Waals surface area contributed by atoms with E-state index >= 15 is 0 Å². The highest BCUT2D eigenvalue weighted by Gasteiger charge is 2.15. The number of aliphatic hydroxyl groups excluding tert-OH is 1. The Morgan fingerprint density at radius 3 is 2.10 bits per heavy atom. The standard InChI is InChI=1S/C19H24O2/c1-5-10-21-17-8-6-16(7-9-17)19(20)18-14(3)11-13(2)12-15(18)4/h6-9,11-12,19-20H,5,10H2,1-4H3. The molecule has 1 atom stereocenters. The lowest BCUT2D eigenvalue weighted by Crippen LogP contribution is -2.05. The first-order chi connectivity index (χ1) is 10.0. The minimum atomic E-state index is -0.592. The minimum Gasteiger partial charge on any atom is -0.494 e. The molecule has 0 bridgehead atoms. The molecule has 0 saturated heterocycles. The predicted octanol–water partition coefficient (Wildman–Crippen LogP) is 4.48. The van der Waals surface area contributed by atoms with E-state index in [4.69, 9.17) is 4.74 Å². The molecule has 2 aromatic rings. The Kier molecular flexibility index (Phi) is 5.03. The Labute approximate surface area is 127 Å². The van der Waals surface area contributed by atoms with Crippen molar-refractivity contribution in [2.75, 3.05) is 6.61 Å². The molecule has 0 aliphatic rings. The number of benzene rings is 2. The molecule has 0 spiro atoms. The maximum absolute atomic E-state index is 10.7. The smallest absolute Gasteiger partial charge is 0.119 e. The monoisotopic (exact) mass is 284 g/mol. The van der Waals surface area contributed by atoms with E-state index in [1.165, 1.54) is 5.56 Å². The van der Waals surface area contributed by atoms with Gasteiger partial charge in [-0.15, -0.1) is 0 Å². The maximum atomic E-state index is 10.7. The Hall–Kier alpha value is -1.80. The zero-order valence-corrected chi connectivity index (χ0v) is 13.3. The Balaban J connectivity index is 2.26. The number of aryl methyl sites for hydroxylation is 3. The van der Waals surface area contributed by atoms with Crippen molar-refractivity contribution in [3.63, 3.8) is 0 Å². The first-order valence-corrected chi connectivity index (χ1v) is 7.51. The molecule has 0 heterocycles. The minimum absolute atomic E-state index is 0.592. The predicted molar refractivity (Wildman–Crippen MR) is 86.9 cm³/mol. The number of hydrogen-bond donors (Lipinski definition) is 1. The van der Waals surface area contributed by atoms with Crippen molar-refractivity contribution in [3.8, 4) is 5.75 Å². The van der Waals surface area contributed by atoms with Crippen molar-refractivity contribution < 1.29 is 9.84 Å². The van der Waals surface area contributed by atoms with E-state index in [0.29, 0.717) is 0 Å². The van der Waals surface area contributed by atoms with Gasteiger partial charge in [0.25, 0.3) is 0 Å². The summed E-state index contributed by atoms with van der Waals surface area (Å²) in [5.41, 5.74) is 5.39. The van der Waals surface area contributed by atoms with E-state index in [1.54, 1.807) is 0 Å². The van der Waals surface area contributed by atoms with Crippen LogP contribution in [-0.2, 0) is 0 Å². The van der Waals surface area contributed by atoms with Crippen LogP contribution in [-0.4, -0.2) is 11.7 Å². The Morgan fingerprint density at radius 1 is 1.00 bits per heavy atom. The first-order valence-electron chi connectivity index (χ1n) is 7.51. The topological polar surface area (TPSA) is 29.5 Å². The Morgan fingerprint density at radius 2 is 1.57 bits per heavy atom. The van der Waals surface area contributed by atoms with Gasteiger partial charge in [0.2, 0.25) is 0 Å². The molecule has 1 N–H and O–H groups in total. The molecule has 2 nitrogen and oxygen atoms in total. The van der Waals surface area contributed by atoms with Gasteiger partial charge in [0.05, 0.1) is 6.61 Å². The molecule has 2 aromatic carbocycles. The molecular formula is C19H24O2. The largest absolute Gasteiger partial charge is 0.494 e. The quantitative estimate of drug-likeness (QED) is 0.877. The van der Waals surface area contributed by atoms with Crippen LogP contribution >= 0.6 is 0 Å². The molecule has 0 aromatic heterocycles.